The molecule has 0 aliphatic carbocycles. The second kappa shape index (κ2) is 5.32. The van der Waals surface area contributed by atoms with Gasteiger partial charge in [-0.05, 0) is 19.8 Å². The molecule has 5 nitrogen and oxygen atoms in total. The molecule has 0 bridgehead atoms. The zero-order chi connectivity index (χ0) is 11.4. The van der Waals surface area contributed by atoms with Gasteiger partial charge in [0.05, 0.1) is 12.2 Å². The van der Waals surface area contributed by atoms with Crippen LogP contribution in [0.25, 0.3) is 0 Å². The molecule has 1 unspecified atom stereocenters. The molecule has 1 saturated heterocycles. The Morgan fingerprint density at radius 1 is 1.53 bits per heavy atom. The van der Waals surface area contributed by atoms with Crippen LogP contribution in [-0.2, 0) is 0 Å². The number of nitrogens with zero attached hydrogens (tertiary/aromatic N) is 2. The Hall–Kier alpha value is -0.810. The normalized spacial score (nSPS) is 20.1. The fraction of sp³-hybridized carbons (Fsp3) is 0.900. The number of amides is 2. The number of likely N-dealkylation sites (N-methyl/N-ethyl adjacent to an activating group) is 1. The Kier molecular flexibility index (Phi) is 4.35. The van der Waals surface area contributed by atoms with E-state index in [2.05, 4.69) is 0 Å². The molecule has 0 aromatic heterocycles. The number of piperidine rings is 1. The fourth-order valence-electron chi connectivity index (χ4n) is 1.77. The predicted octanol–water partition coefficient (Wildman–Crippen LogP) is -0.124. The number of hydrogen-bond acceptors (Lipinski definition) is 3. The second-order valence-corrected chi connectivity index (χ2v) is 4.23. The number of rotatable bonds is 2. The van der Waals surface area contributed by atoms with Crippen molar-refractivity contribution in [1.29, 1.82) is 0 Å². The Bertz CT molecular complexity index is 213. The molecule has 1 aliphatic rings. The van der Waals surface area contributed by atoms with E-state index in [1.54, 1.807) is 18.9 Å². The molecule has 0 radical (unpaired) electrons. The standard InChI is InChI=1S/C10H20N2O3/c1-8(13)7-11(2)10(15)12-5-3-9(14)4-6-12/h8-9,13-14H,3-7H2,1-2H3. The van der Waals surface area contributed by atoms with Crippen LogP contribution < -0.4 is 0 Å². The van der Waals surface area contributed by atoms with Crippen molar-refractivity contribution < 1.29 is 15.0 Å². The number of urea groups is 1. The fourth-order valence-corrected chi connectivity index (χ4v) is 1.77. The third-order valence-electron chi connectivity index (χ3n) is 2.60. The Balaban J connectivity index is 2.39. The van der Waals surface area contributed by atoms with Crippen LogP contribution in [0.15, 0.2) is 0 Å². The minimum atomic E-state index is -0.505. The minimum Gasteiger partial charge on any atom is -0.393 e. The highest BCUT2D eigenvalue weighted by atomic mass is 16.3. The summed E-state index contributed by atoms with van der Waals surface area (Å²) in [5.41, 5.74) is 0. The Labute approximate surface area is 90.3 Å². The van der Waals surface area contributed by atoms with Gasteiger partial charge in [0.15, 0.2) is 0 Å². The molecule has 0 aromatic rings. The number of hydrogen-bond donors (Lipinski definition) is 2. The summed E-state index contributed by atoms with van der Waals surface area (Å²) in [5.74, 6) is 0. The van der Waals surface area contributed by atoms with Crippen LogP contribution >= 0.6 is 0 Å². The van der Waals surface area contributed by atoms with E-state index in [1.807, 2.05) is 0 Å². The monoisotopic (exact) mass is 216 g/mol. The lowest BCUT2D eigenvalue weighted by atomic mass is 10.1. The van der Waals surface area contributed by atoms with Crippen molar-refractivity contribution in [2.24, 2.45) is 0 Å². The summed E-state index contributed by atoms with van der Waals surface area (Å²) in [6, 6.07) is -0.0669. The van der Waals surface area contributed by atoms with E-state index >= 15 is 0 Å². The molecule has 1 fully saturated rings. The summed E-state index contributed by atoms with van der Waals surface area (Å²) in [6.07, 6.45) is 0.521. The number of aliphatic hydroxyl groups excluding tert-OH is 2. The lowest BCUT2D eigenvalue weighted by Crippen LogP contribution is -2.47. The Morgan fingerprint density at radius 3 is 2.53 bits per heavy atom. The van der Waals surface area contributed by atoms with Crippen molar-refractivity contribution in [1.82, 2.24) is 9.80 Å². The van der Waals surface area contributed by atoms with Crippen molar-refractivity contribution in [3.05, 3.63) is 0 Å². The molecule has 5 heteroatoms. The first kappa shape index (κ1) is 12.3. The lowest BCUT2D eigenvalue weighted by molar-refractivity contribution is 0.0767. The summed E-state index contributed by atoms with van der Waals surface area (Å²) < 4.78 is 0. The van der Waals surface area contributed by atoms with Gasteiger partial charge in [-0.1, -0.05) is 0 Å². The van der Waals surface area contributed by atoms with Crippen molar-refractivity contribution in [3.63, 3.8) is 0 Å². The highest BCUT2D eigenvalue weighted by Gasteiger charge is 2.23. The largest absolute Gasteiger partial charge is 0.393 e. The van der Waals surface area contributed by atoms with Gasteiger partial charge in [0.2, 0.25) is 0 Å². The summed E-state index contributed by atoms with van der Waals surface area (Å²) >= 11 is 0. The van der Waals surface area contributed by atoms with Gasteiger partial charge in [-0.2, -0.15) is 0 Å². The average Bonchev–Trinajstić information content (AvgIpc) is 2.17. The molecule has 2 N–H and O–H groups in total. The molecule has 15 heavy (non-hydrogen) atoms. The van der Waals surface area contributed by atoms with Crippen molar-refractivity contribution in [3.8, 4) is 0 Å². The van der Waals surface area contributed by atoms with Gasteiger partial charge < -0.3 is 20.0 Å². The first-order chi connectivity index (χ1) is 7.00. The SMILES string of the molecule is CC(O)CN(C)C(=O)N1CCC(O)CC1. The minimum absolute atomic E-state index is 0.0669. The predicted molar refractivity (Wildman–Crippen MR) is 56.5 cm³/mol. The van der Waals surface area contributed by atoms with Crippen molar-refractivity contribution >= 4 is 6.03 Å². The topological polar surface area (TPSA) is 64.0 Å². The zero-order valence-corrected chi connectivity index (χ0v) is 9.39. The average molecular weight is 216 g/mol. The van der Waals surface area contributed by atoms with Crippen LogP contribution in [-0.4, -0.2) is 64.9 Å². The molecule has 0 saturated carbocycles. The second-order valence-electron chi connectivity index (χ2n) is 4.23. The van der Waals surface area contributed by atoms with Gasteiger partial charge in [0.1, 0.15) is 0 Å². The highest BCUT2D eigenvalue weighted by Crippen LogP contribution is 2.11. The summed E-state index contributed by atoms with van der Waals surface area (Å²) in [4.78, 5) is 15.0. The maximum atomic E-state index is 11.8. The molecular weight excluding hydrogens is 196 g/mol. The van der Waals surface area contributed by atoms with Gasteiger partial charge in [0, 0.05) is 26.7 Å². The first-order valence-corrected chi connectivity index (χ1v) is 5.37. The quantitative estimate of drug-likeness (QED) is 0.676. The first-order valence-electron chi connectivity index (χ1n) is 5.37. The van der Waals surface area contributed by atoms with Gasteiger partial charge in [-0.25, -0.2) is 4.79 Å². The number of aliphatic hydroxyl groups is 2. The van der Waals surface area contributed by atoms with E-state index in [0.717, 1.165) is 0 Å². The molecule has 1 heterocycles. The molecular formula is C10H20N2O3. The molecule has 1 atom stereocenters. The smallest absolute Gasteiger partial charge is 0.319 e. The van der Waals surface area contributed by atoms with Crippen LogP contribution in [0.5, 0.6) is 0 Å². The zero-order valence-electron chi connectivity index (χ0n) is 9.39. The number of likely N-dealkylation sites (tertiary alicyclic amines) is 1. The molecule has 1 aliphatic heterocycles. The molecule has 2 amide bonds. The summed E-state index contributed by atoms with van der Waals surface area (Å²) in [7, 11) is 1.68. The van der Waals surface area contributed by atoms with Crippen LogP contribution in [0.1, 0.15) is 19.8 Å². The third-order valence-corrected chi connectivity index (χ3v) is 2.60. The van der Waals surface area contributed by atoms with Crippen LogP contribution in [0, 0.1) is 0 Å². The van der Waals surface area contributed by atoms with Gasteiger partial charge in [-0.3, -0.25) is 0 Å². The van der Waals surface area contributed by atoms with Crippen molar-refractivity contribution in [2.75, 3.05) is 26.7 Å². The van der Waals surface area contributed by atoms with Crippen molar-refractivity contribution in [2.45, 2.75) is 32.0 Å². The van der Waals surface area contributed by atoms with Gasteiger partial charge in [0.25, 0.3) is 0 Å². The lowest BCUT2D eigenvalue weighted by Gasteiger charge is -2.33. The van der Waals surface area contributed by atoms with E-state index in [9.17, 15) is 9.90 Å². The number of carbonyl (C=O) groups is 1. The van der Waals surface area contributed by atoms with E-state index in [0.29, 0.717) is 32.5 Å². The van der Waals surface area contributed by atoms with E-state index < -0.39 is 6.10 Å². The maximum absolute atomic E-state index is 11.8. The highest BCUT2D eigenvalue weighted by molar-refractivity contribution is 5.74. The molecule has 0 spiro atoms. The van der Waals surface area contributed by atoms with E-state index in [1.165, 1.54) is 4.90 Å². The molecule has 1 rings (SSSR count). The van der Waals surface area contributed by atoms with Crippen LogP contribution in [0.3, 0.4) is 0 Å². The van der Waals surface area contributed by atoms with Crippen LogP contribution in [0.4, 0.5) is 4.79 Å². The van der Waals surface area contributed by atoms with E-state index in [-0.39, 0.29) is 12.1 Å². The molecule has 88 valence electrons. The summed E-state index contributed by atoms with van der Waals surface area (Å²) in [5, 5.41) is 18.5. The Morgan fingerprint density at radius 2 is 2.07 bits per heavy atom. The van der Waals surface area contributed by atoms with Crippen LogP contribution in [0.2, 0.25) is 0 Å². The number of carbonyl (C=O) groups excluding carboxylic acids is 1. The maximum Gasteiger partial charge on any atom is 0.319 e. The van der Waals surface area contributed by atoms with Gasteiger partial charge in [-0.15, -0.1) is 0 Å². The molecule has 0 aromatic carbocycles. The third kappa shape index (κ3) is 3.68. The van der Waals surface area contributed by atoms with E-state index in [4.69, 9.17) is 5.11 Å². The summed E-state index contributed by atoms with van der Waals surface area (Å²) in [6.45, 7) is 3.20. The van der Waals surface area contributed by atoms with Gasteiger partial charge >= 0.3 is 6.03 Å².